The molecule has 2 aromatic rings. The number of alkyl halides is 3. The lowest BCUT2D eigenvalue weighted by molar-refractivity contribution is -0.137. The van der Waals surface area contributed by atoms with Gasteiger partial charge in [-0.15, -0.1) is 0 Å². The molecular formula is C18H20F3N3O. The fourth-order valence-electron chi connectivity index (χ4n) is 2.91. The van der Waals surface area contributed by atoms with Crippen LogP contribution in [0, 0.1) is 6.92 Å². The average molecular weight is 351 g/mol. The number of hydrogen-bond donors (Lipinski definition) is 0. The third-order valence-corrected chi connectivity index (χ3v) is 4.24. The largest absolute Gasteiger partial charge is 0.473 e. The van der Waals surface area contributed by atoms with Gasteiger partial charge in [0.25, 0.3) is 0 Å². The van der Waals surface area contributed by atoms with Gasteiger partial charge in [-0.3, -0.25) is 9.88 Å². The number of aryl methyl sites for hydroxylation is 1. The number of halogens is 3. The highest BCUT2D eigenvalue weighted by atomic mass is 19.4. The van der Waals surface area contributed by atoms with E-state index in [-0.39, 0.29) is 6.10 Å². The van der Waals surface area contributed by atoms with Crippen molar-refractivity contribution in [2.24, 2.45) is 0 Å². The fraction of sp³-hybridized carbons (Fsp3) is 0.444. The van der Waals surface area contributed by atoms with Crippen molar-refractivity contribution in [1.29, 1.82) is 0 Å². The molecule has 7 heteroatoms. The summed E-state index contributed by atoms with van der Waals surface area (Å²) in [6, 6.07) is 5.38. The molecule has 0 saturated carbocycles. The van der Waals surface area contributed by atoms with Crippen LogP contribution in [0.25, 0.3) is 0 Å². The molecule has 1 fully saturated rings. The second-order valence-corrected chi connectivity index (χ2v) is 6.29. The van der Waals surface area contributed by atoms with Crippen LogP contribution in [0.5, 0.6) is 5.88 Å². The zero-order chi connectivity index (χ0) is 17.9. The minimum Gasteiger partial charge on any atom is -0.473 e. The quantitative estimate of drug-likeness (QED) is 0.839. The number of rotatable bonds is 4. The summed E-state index contributed by atoms with van der Waals surface area (Å²) in [5.41, 5.74) is 1.09. The average Bonchev–Trinajstić information content (AvgIpc) is 2.56. The van der Waals surface area contributed by atoms with E-state index in [1.807, 2.05) is 6.92 Å². The summed E-state index contributed by atoms with van der Waals surface area (Å²) >= 11 is 0. The number of ether oxygens (including phenoxy) is 1. The Morgan fingerprint density at radius 2 is 1.80 bits per heavy atom. The van der Waals surface area contributed by atoms with Crippen molar-refractivity contribution in [1.82, 2.24) is 14.9 Å². The second kappa shape index (κ2) is 7.39. The van der Waals surface area contributed by atoms with E-state index in [2.05, 4.69) is 14.9 Å². The van der Waals surface area contributed by atoms with Gasteiger partial charge >= 0.3 is 6.18 Å². The van der Waals surface area contributed by atoms with Crippen molar-refractivity contribution < 1.29 is 17.9 Å². The molecule has 0 atom stereocenters. The Balaban J connectivity index is 1.49. The third-order valence-electron chi connectivity index (χ3n) is 4.24. The van der Waals surface area contributed by atoms with Gasteiger partial charge in [0, 0.05) is 25.8 Å². The third kappa shape index (κ3) is 4.92. The van der Waals surface area contributed by atoms with Gasteiger partial charge in [0.15, 0.2) is 0 Å². The molecule has 0 amide bonds. The van der Waals surface area contributed by atoms with E-state index < -0.39 is 11.7 Å². The first kappa shape index (κ1) is 17.7. The minimum absolute atomic E-state index is 0.0972. The molecule has 1 saturated heterocycles. The highest BCUT2D eigenvalue weighted by molar-refractivity contribution is 5.24. The molecule has 134 valence electrons. The zero-order valence-corrected chi connectivity index (χ0v) is 14.0. The molecule has 0 radical (unpaired) electrons. The van der Waals surface area contributed by atoms with Crippen LogP contribution in [0.15, 0.2) is 36.7 Å². The topological polar surface area (TPSA) is 38.2 Å². The van der Waals surface area contributed by atoms with E-state index >= 15 is 0 Å². The lowest BCUT2D eigenvalue weighted by Gasteiger charge is -2.31. The van der Waals surface area contributed by atoms with E-state index in [1.54, 1.807) is 24.5 Å². The summed E-state index contributed by atoms with van der Waals surface area (Å²) in [7, 11) is 0. The maximum atomic E-state index is 12.6. The van der Waals surface area contributed by atoms with E-state index in [0.29, 0.717) is 12.4 Å². The molecule has 2 heterocycles. The second-order valence-electron chi connectivity index (χ2n) is 6.29. The van der Waals surface area contributed by atoms with Crippen LogP contribution in [0.3, 0.4) is 0 Å². The first-order valence-corrected chi connectivity index (χ1v) is 8.24. The summed E-state index contributed by atoms with van der Waals surface area (Å²) < 4.78 is 43.6. The molecule has 0 spiro atoms. The monoisotopic (exact) mass is 351 g/mol. The van der Waals surface area contributed by atoms with Crippen molar-refractivity contribution in [3.8, 4) is 5.88 Å². The van der Waals surface area contributed by atoms with Crippen LogP contribution in [0.1, 0.15) is 29.7 Å². The Hall–Kier alpha value is -2.15. The zero-order valence-electron chi connectivity index (χ0n) is 14.0. The van der Waals surface area contributed by atoms with Gasteiger partial charge in [-0.05, 0) is 37.5 Å². The summed E-state index contributed by atoms with van der Waals surface area (Å²) in [6.45, 7) is 4.19. The van der Waals surface area contributed by atoms with E-state index in [1.165, 1.54) is 0 Å². The Bertz CT molecular complexity index is 695. The molecule has 25 heavy (non-hydrogen) atoms. The Morgan fingerprint density at radius 3 is 2.40 bits per heavy atom. The van der Waals surface area contributed by atoms with Crippen LogP contribution < -0.4 is 4.74 Å². The molecule has 0 unspecified atom stereocenters. The Morgan fingerprint density at radius 1 is 1.12 bits per heavy atom. The lowest BCUT2D eigenvalue weighted by Crippen LogP contribution is -2.37. The number of aromatic nitrogens is 2. The summed E-state index contributed by atoms with van der Waals surface area (Å²) in [5, 5.41) is 0. The van der Waals surface area contributed by atoms with Crippen molar-refractivity contribution in [3.05, 3.63) is 53.5 Å². The van der Waals surface area contributed by atoms with E-state index in [0.717, 1.165) is 49.3 Å². The summed E-state index contributed by atoms with van der Waals surface area (Å²) in [6.07, 6.45) is 0.820. The van der Waals surface area contributed by atoms with Crippen LogP contribution >= 0.6 is 0 Å². The van der Waals surface area contributed by atoms with Gasteiger partial charge in [0.1, 0.15) is 6.10 Å². The van der Waals surface area contributed by atoms with Crippen molar-refractivity contribution in [2.45, 2.75) is 38.6 Å². The van der Waals surface area contributed by atoms with Gasteiger partial charge in [-0.25, -0.2) is 4.98 Å². The summed E-state index contributed by atoms with van der Waals surface area (Å²) in [4.78, 5) is 10.6. The van der Waals surface area contributed by atoms with Gasteiger partial charge in [0.2, 0.25) is 5.88 Å². The Labute approximate surface area is 144 Å². The summed E-state index contributed by atoms with van der Waals surface area (Å²) in [5.74, 6) is 0.543. The molecule has 4 nitrogen and oxygen atoms in total. The molecular weight excluding hydrogens is 331 g/mol. The molecule has 0 N–H and O–H groups in total. The van der Waals surface area contributed by atoms with Gasteiger partial charge in [0.05, 0.1) is 17.5 Å². The van der Waals surface area contributed by atoms with E-state index in [9.17, 15) is 13.2 Å². The number of nitrogens with zero attached hydrogens (tertiary/aromatic N) is 3. The van der Waals surface area contributed by atoms with Crippen LogP contribution in [-0.2, 0) is 12.7 Å². The van der Waals surface area contributed by atoms with Gasteiger partial charge < -0.3 is 4.74 Å². The van der Waals surface area contributed by atoms with Crippen LogP contribution in [0.4, 0.5) is 13.2 Å². The van der Waals surface area contributed by atoms with E-state index in [4.69, 9.17) is 4.74 Å². The van der Waals surface area contributed by atoms with Gasteiger partial charge in [-0.1, -0.05) is 12.1 Å². The molecule has 1 aromatic carbocycles. The molecule has 0 bridgehead atoms. The molecule has 0 aliphatic carbocycles. The maximum absolute atomic E-state index is 12.6. The Kier molecular flexibility index (Phi) is 5.22. The predicted molar refractivity (Wildman–Crippen MR) is 87.1 cm³/mol. The standard InChI is InChI=1S/C18H20F3N3O/c1-13-10-22-11-17(23-13)25-16-6-8-24(9-7-16)12-14-2-4-15(5-3-14)18(19,20)21/h2-5,10-11,16H,6-9,12H2,1H3. The highest BCUT2D eigenvalue weighted by Gasteiger charge is 2.30. The first-order chi connectivity index (χ1) is 11.9. The number of benzene rings is 1. The minimum atomic E-state index is -4.28. The van der Waals surface area contributed by atoms with Crippen LogP contribution in [-0.4, -0.2) is 34.1 Å². The molecule has 1 aliphatic rings. The smallest absolute Gasteiger partial charge is 0.416 e. The molecule has 1 aliphatic heterocycles. The van der Waals surface area contributed by atoms with Crippen molar-refractivity contribution >= 4 is 0 Å². The molecule has 3 rings (SSSR count). The number of hydrogen-bond acceptors (Lipinski definition) is 4. The normalized spacial score (nSPS) is 16.8. The van der Waals surface area contributed by atoms with Crippen LogP contribution in [0.2, 0.25) is 0 Å². The first-order valence-electron chi connectivity index (χ1n) is 8.24. The van der Waals surface area contributed by atoms with Crippen molar-refractivity contribution in [2.75, 3.05) is 13.1 Å². The highest BCUT2D eigenvalue weighted by Crippen LogP contribution is 2.29. The fourth-order valence-corrected chi connectivity index (χ4v) is 2.91. The number of likely N-dealkylation sites (tertiary alicyclic amines) is 1. The van der Waals surface area contributed by atoms with Gasteiger partial charge in [-0.2, -0.15) is 13.2 Å². The predicted octanol–water partition coefficient (Wildman–Crippen LogP) is 3.85. The maximum Gasteiger partial charge on any atom is 0.416 e. The molecule has 1 aromatic heterocycles. The van der Waals surface area contributed by atoms with Crippen molar-refractivity contribution in [3.63, 3.8) is 0 Å². The lowest BCUT2D eigenvalue weighted by atomic mass is 10.1. The SMILES string of the molecule is Cc1cncc(OC2CCN(Cc3ccc(C(F)(F)F)cc3)CC2)n1. The number of piperidine rings is 1.